The lowest BCUT2D eigenvalue weighted by Gasteiger charge is -2.33. The fourth-order valence-corrected chi connectivity index (χ4v) is 2.67. The Labute approximate surface area is 164 Å². The fourth-order valence-electron chi connectivity index (χ4n) is 2.67. The molecule has 0 aromatic heterocycles. The summed E-state index contributed by atoms with van der Waals surface area (Å²) in [5.74, 6) is -1.00. The molecule has 0 radical (unpaired) electrons. The molecule has 0 unspecified atom stereocenters. The number of fused-ring (bicyclic) bond motifs is 1. The van der Waals surface area contributed by atoms with Crippen LogP contribution in [-0.2, 0) is 4.74 Å². The van der Waals surface area contributed by atoms with Crippen LogP contribution in [0.2, 0.25) is 0 Å². The molecular weight excluding hydrogens is 370 g/mol. The second-order valence-corrected chi connectivity index (χ2v) is 7.14. The quantitative estimate of drug-likeness (QED) is 0.697. The molecule has 1 aromatic carbocycles. The Morgan fingerprint density at radius 2 is 1.57 bits per heavy atom. The maximum Gasteiger partial charge on any atom is 0.410 e. The summed E-state index contributed by atoms with van der Waals surface area (Å²) < 4.78 is 31.0. The first-order chi connectivity index (χ1) is 13.0. The van der Waals surface area contributed by atoms with Crippen molar-refractivity contribution in [2.24, 2.45) is 0 Å². The van der Waals surface area contributed by atoms with E-state index in [1.54, 1.807) is 32.9 Å². The molecule has 1 aliphatic heterocycles. The first-order valence-corrected chi connectivity index (χ1v) is 9.24. The minimum absolute atomic E-state index is 0.196. The Kier molecular flexibility index (Phi) is 8.08. The molecule has 3 amide bonds. The van der Waals surface area contributed by atoms with Crippen LogP contribution in [0.25, 0.3) is 0 Å². The van der Waals surface area contributed by atoms with E-state index in [1.165, 1.54) is 19.1 Å². The molecule has 1 aliphatic rings. The van der Waals surface area contributed by atoms with Crippen LogP contribution in [0.15, 0.2) is 24.3 Å². The monoisotopic (exact) mass is 398 g/mol. The van der Waals surface area contributed by atoms with Gasteiger partial charge in [0.15, 0.2) is 0 Å². The number of imide groups is 1. The van der Waals surface area contributed by atoms with E-state index in [9.17, 15) is 23.2 Å². The molecule has 2 rings (SSSR count). The van der Waals surface area contributed by atoms with Gasteiger partial charge in [0.05, 0.1) is 23.7 Å². The van der Waals surface area contributed by atoms with E-state index in [0.717, 1.165) is 9.80 Å². The maximum atomic E-state index is 12.9. The number of ether oxygens (including phenoxy) is 1. The summed E-state index contributed by atoms with van der Waals surface area (Å²) >= 11 is 0. The molecule has 0 saturated carbocycles. The summed E-state index contributed by atoms with van der Waals surface area (Å²) in [7, 11) is 0. The summed E-state index contributed by atoms with van der Waals surface area (Å²) in [6.07, 6.45) is -3.69. The van der Waals surface area contributed by atoms with Gasteiger partial charge in [0.1, 0.15) is 5.60 Å². The Morgan fingerprint density at radius 3 is 1.96 bits per heavy atom. The van der Waals surface area contributed by atoms with E-state index in [1.807, 2.05) is 13.8 Å². The van der Waals surface area contributed by atoms with Crippen molar-refractivity contribution in [3.05, 3.63) is 35.4 Å². The molecular formula is C20H28F2N2O4. The molecule has 156 valence electrons. The van der Waals surface area contributed by atoms with E-state index in [-0.39, 0.29) is 17.7 Å². The van der Waals surface area contributed by atoms with Crippen LogP contribution < -0.4 is 0 Å². The highest BCUT2D eigenvalue weighted by atomic mass is 19.3. The number of benzene rings is 1. The van der Waals surface area contributed by atoms with Gasteiger partial charge in [-0.05, 0) is 39.8 Å². The minimum Gasteiger partial charge on any atom is -0.444 e. The van der Waals surface area contributed by atoms with Crippen LogP contribution in [-0.4, -0.2) is 58.9 Å². The van der Waals surface area contributed by atoms with Crippen LogP contribution in [0.3, 0.4) is 0 Å². The lowest BCUT2D eigenvalue weighted by atomic mass is 10.1. The van der Waals surface area contributed by atoms with Crippen LogP contribution >= 0.6 is 0 Å². The maximum absolute atomic E-state index is 12.9. The zero-order chi connectivity index (χ0) is 21.6. The van der Waals surface area contributed by atoms with Crippen molar-refractivity contribution in [1.82, 2.24) is 9.80 Å². The molecule has 6 nitrogen and oxygen atoms in total. The number of amides is 3. The van der Waals surface area contributed by atoms with Crippen molar-refractivity contribution in [3.8, 4) is 0 Å². The van der Waals surface area contributed by atoms with Crippen molar-refractivity contribution < 1.29 is 27.9 Å². The first kappa shape index (κ1) is 23.5. The molecule has 28 heavy (non-hydrogen) atoms. The Morgan fingerprint density at radius 1 is 1.11 bits per heavy atom. The Bertz CT molecular complexity index is 681. The van der Waals surface area contributed by atoms with Crippen LogP contribution in [0.5, 0.6) is 0 Å². The van der Waals surface area contributed by atoms with Gasteiger partial charge in [-0.3, -0.25) is 19.4 Å². The number of hydrogen-bond donors (Lipinski definition) is 0. The van der Waals surface area contributed by atoms with Crippen molar-refractivity contribution >= 4 is 17.9 Å². The number of carbonyl (C=O) groups excluding carboxylic acids is 3. The Hall–Kier alpha value is -2.51. The number of rotatable bonds is 5. The van der Waals surface area contributed by atoms with Crippen LogP contribution in [0.4, 0.5) is 13.6 Å². The molecule has 0 bridgehead atoms. The first-order valence-electron chi connectivity index (χ1n) is 9.24. The largest absolute Gasteiger partial charge is 0.444 e. The Balaban J connectivity index is 0.00000190. The predicted molar refractivity (Wildman–Crippen MR) is 102 cm³/mol. The number of alkyl halides is 2. The van der Waals surface area contributed by atoms with Crippen molar-refractivity contribution in [2.75, 3.05) is 13.1 Å². The molecule has 0 saturated heterocycles. The van der Waals surface area contributed by atoms with E-state index >= 15 is 0 Å². The molecule has 0 aliphatic carbocycles. The highest BCUT2D eigenvalue weighted by Gasteiger charge is 2.38. The standard InChI is InChI=1S/C18H22F2N2O4.C2H6/c1-11(21(10-14(19)20)17(25)26-18(2,3)4)9-22-15(23)12-7-5-6-8-13(12)16(22)24;1-2/h5-8,11,14H,9-10H2,1-4H3;1-2H3/t11-;/m0./s1. The molecule has 0 N–H and O–H groups in total. The van der Waals surface area contributed by atoms with Gasteiger partial charge in [0.25, 0.3) is 18.2 Å². The summed E-state index contributed by atoms with van der Waals surface area (Å²) in [4.78, 5) is 38.9. The second kappa shape index (κ2) is 9.61. The smallest absolute Gasteiger partial charge is 0.410 e. The second-order valence-electron chi connectivity index (χ2n) is 7.14. The number of carbonyl (C=O) groups is 3. The zero-order valence-electron chi connectivity index (χ0n) is 17.2. The predicted octanol–water partition coefficient (Wildman–Crippen LogP) is 4.20. The van der Waals surface area contributed by atoms with Gasteiger partial charge in [0, 0.05) is 6.54 Å². The van der Waals surface area contributed by atoms with E-state index in [0.29, 0.717) is 0 Å². The third-order valence-corrected chi connectivity index (χ3v) is 3.82. The van der Waals surface area contributed by atoms with E-state index < -0.39 is 42.5 Å². The van der Waals surface area contributed by atoms with E-state index in [4.69, 9.17) is 4.74 Å². The van der Waals surface area contributed by atoms with Gasteiger partial charge < -0.3 is 4.74 Å². The molecule has 1 heterocycles. The number of hydrogen-bond acceptors (Lipinski definition) is 4. The third-order valence-electron chi connectivity index (χ3n) is 3.82. The topological polar surface area (TPSA) is 66.9 Å². The molecule has 0 fully saturated rings. The summed E-state index contributed by atoms with van der Waals surface area (Å²) in [5.41, 5.74) is -0.322. The number of nitrogens with zero attached hydrogens (tertiary/aromatic N) is 2. The molecule has 8 heteroatoms. The summed E-state index contributed by atoms with van der Waals surface area (Å²) in [6, 6.07) is 5.51. The lowest BCUT2D eigenvalue weighted by molar-refractivity contribution is -0.00238. The van der Waals surface area contributed by atoms with Gasteiger partial charge in [-0.1, -0.05) is 26.0 Å². The van der Waals surface area contributed by atoms with Crippen LogP contribution in [0, 0.1) is 0 Å². The van der Waals surface area contributed by atoms with Gasteiger partial charge in [-0.2, -0.15) is 0 Å². The zero-order valence-corrected chi connectivity index (χ0v) is 17.2. The van der Waals surface area contributed by atoms with Gasteiger partial charge in [-0.25, -0.2) is 13.6 Å². The molecule has 0 spiro atoms. The third kappa shape index (κ3) is 5.74. The highest BCUT2D eigenvalue weighted by Crippen LogP contribution is 2.23. The van der Waals surface area contributed by atoms with Crippen molar-refractivity contribution in [1.29, 1.82) is 0 Å². The van der Waals surface area contributed by atoms with Crippen molar-refractivity contribution in [3.63, 3.8) is 0 Å². The average Bonchev–Trinajstić information content (AvgIpc) is 2.85. The summed E-state index contributed by atoms with van der Waals surface area (Å²) in [6.45, 7) is 9.33. The number of halogens is 2. The summed E-state index contributed by atoms with van der Waals surface area (Å²) in [5, 5.41) is 0. The highest BCUT2D eigenvalue weighted by molar-refractivity contribution is 6.21. The van der Waals surface area contributed by atoms with Gasteiger partial charge in [0.2, 0.25) is 0 Å². The normalized spacial score (nSPS) is 14.4. The molecule has 1 atom stereocenters. The van der Waals surface area contributed by atoms with Crippen molar-refractivity contribution in [2.45, 2.75) is 59.6 Å². The lowest BCUT2D eigenvalue weighted by Crippen LogP contribution is -2.50. The van der Waals surface area contributed by atoms with Crippen LogP contribution in [0.1, 0.15) is 62.3 Å². The SMILES string of the molecule is CC.C[C@@H](CN1C(=O)c2ccccc2C1=O)N(CC(F)F)C(=O)OC(C)(C)C. The fraction of sp³-hybridized carbons (Fsp3) is 0.550. The van der Waals surface area contributed by atoms with E-state index in [2.05, 4.69) is 0 Å². The van der Waals surface area contributed by atoms with Gasteiger partial charge in [-0.15, -0.1) is 0 Å². The molecule has 1 aromatic rings. The average molecular weight is 398 g/mol. The minimum atomic E-state index is -2.77. The van der Waals surface area contributed by atoms with Gasteiger partial charge >= 0.3 is 6.09 Å².